The third-order valence-corrected chi connectivity index (χ3v) is 5.44. The van der Waals surface area contributed by atoms with Crippen molar-refractivity contribution < 1.29 is 19.2 Å². The van der Waals surface area contributed by atoms with Crippen molar-refractivity contribution >= 4 is 58.0 Å². The second-order valence-electron chi connectivity index (χ2n) is 5.84. The molecule has 3 amide bonds. The molecular formula is C18H14Cl2N2O4S. The molecule has 9 heteroatoms. The summed E-state index contributed by atoms with van der Waals surface area (Å²) in [6, 6.07) is 7.58. The van der Waals surface area contributed by atoms with E-state index in [0.29, 0.717) is 16.3 Å². The van der Waals surface area contributed by atoms with Crippen LogP contribution in [-0.2, 0) is 9.59 Å². The average molecular weight is 425 g/mol. The molecule has 1 aliphatic rings. The molecule has 0 atom stereocenters. The fourth-order valence-electron chi connectivity index (χ4n) is 2.70. The Kier molecular flexibility index (Phi) is 5.94. The molecule has 0 radical (unpaired) electrons. The quantitative estimate of drug-likeness (QED) is 0.539. The number of benzene rings is 1. The molecule has 2 aromatic rings. The summed E-state index contributed by atoms with van der Waals surface area (Å²) >= 11 is 13.2. The van der Waals surface area contributed by atoms with Gasteiger partial charge in [-0.05, 0) is 36.1 Å². The predicted molar refractivity (Wildman–Crippen MR) is 102 cm³/mol. The molecule has 0 aliphatic carbocycles. The van der Waals surface area contributed by atoms with Gasteiger partial charge in [-0.2, -0.15) is 5.01 Å². The minimum Gasteiger partial charge on any atom is -0.291 e. The van der Waals surface area contributed by atoms with Gasteiger partial charge >= 0.3 is 0 Å². The van der Waals surface area contributed by atoms with Gasteiger partial charge in [-0.15, -0.1) is 11.3 Å². The van der Waals surface area contributed by atoms with E-state index in [-0.39, 0.29) is 29.2 Å². The summed E-state index contributed by atoms with van der Waals surface area (Å²) in [6.07, 6.45) is 0.658. The predicted octanol–water partition coefficient (Wildman–Crippen LogP) is 3.83. The summed E-state index contributed by atoms with van der Waals surface area (Å²) in [6.45, 7) is -0.449. The van der Waals surface area contributed by atoms with E-state index in [1.807, 2.05) is 0 Å². The zero-order valence-electron chi connectivity index (χ0n) is 14.0. The summed E-state index contributed by atoms with van der Waals surface area (Å²) in [5.41, 5.74) is 0.0474. The number of rotatable bonds is 5. The van der Waals surface area contributed by atoms with Gasteiger partial charge in [-0.1, -0.05) is 29.3 Å². The van der Waals surface area contributed by atoms with Crippen LogP contribution in [0.4, 0.5) is 0 Å². The molecule has 1 aromatic carbocycles. The van der Waals surface area contributed by atoms with Crippen LogP contribution in [0.3, 0.4) is 0 Å². The van der Waals surface area contributed by atoms with Gasteiger partial charge in [0.1, 0.15) is 6.54 Å². The van der Waals surface area contributed by atoms with Crippen molar-refractivity contribution in [2.24, 2.45) is 0 Å². The largest absolute Gasteiger partial charge is 0.291 e. The van der Waals surface area contributed by atoms with Gasteiger partial charge in [-0.3, -0.25) is 19.2 Å². The van der Waals surface area contributed by atoms with Crippen LogP contribution in [-0.4, -0.2) is 40.1 Å². The molecule has 1 aliphatic heterocycles. The summed E-state index contributed by atoms with van der Waals surface area (Å²) < 4.78 is 0. The van der Waals surface area contributed by atoms with Gasteiger partial charge in [0.25, 0.3) is 5.91 Å². The Bertz CT molecular complexity index is 898. The Morgan fingerprint density at radius 1 is 1.11 bits per heavy atom. The highest BCUT2D eigenvalue weighted by Crippen LogP contribution is 2.25. The van der Waals surface area contributed by atoms with E-state index in [0.717, 1.165) is 10.0 Å². The number of Topliss-reactive ketones (excluding diaryl/α,β-unsaturated/α-hetero) is 1. The van der Waals surface area contributed by atoms with Crippen molar-refractivity contribution in [3.63, 3.8) is 0 Å². The van der Waals surface area contributed by atoms with Crippen LogP contribution in [0.15, 0.2) is 35.7 Å². The molecule has 0 spiro atoms. The van der Waals surface area contributed by atoms with Crippen LogP contribution in [0.25, 0.3) is 0 Å². The van der Waals surface area contributed by atoms with E-state index in [1.54, 1.807) is 17.5 Å². The van der Waals surface area contributed by atoms with Gasteiger partial charge in [0.2, 0.25) is 11.8 Å². The minimum atomic E-state index is -0.717. The molecule has 0 N–H and O–H groups in total. The molecule has 27 heavy (non-hydrogen) atoms. The lowest BCUT2D eigenvalue weighted by atomic mass is 10.1. The zero-order chi connectivity index (χ0) is 19.6. The highest BCUT2D eigenvalue weighted by atomic mass is 35.5. The maximum atomic E-state index is 13.1. The van der Waals surface area contributed by atoms with Crippen molar-refractivity contribution in [2.45, 2.75) is 19.3 Å². The van der Waals surface area contributed by atoms with Crippen LogP contribution in [0.1, 0.15) is 39.3 Å². The monoisotopic (exact) mass is 424 g/mol. The Morgan fingerprint density at radius 3 is 2.41 bits per heavy atom. The third-order valence-electron chi connectivity index (χ3n) is 3.98. The van der Waals surface area contributed by atoms with Crippen molar-refractivity contribution in [3.05, 3.63) is 56.2 Å². The summed E-state index contributed by atoms with van der Waals surface area (Å²) in [5, 5.41) is 3.77. The summed E-state index contributed by atoms with van der Waals surface area (Å²) in [7, 11) is 0. The molecule has 6 nitrogen and oxygen atoms in total. The lowest BCUT2D eigenvalue weighted by Gasteiger charge is -2.35. The van der Waals surface area contributed by atoms with Gasteiger partial charge in [0.05, 0.1) is 15.5 Å². The van der Waals surface area contributed by atoms with E-state index < -0.39 is 24.3 Å². The SMILES string of the molecule is O=C(CN(C(=O)c1ccc(Cl)cc1Cl)N1C(=O)CCCC1=O)c1cccs1. The number of carbonyl (C=O) groups is 4. The molecule has 0 unspecified atom stereocenters. The van der Waals surface area contributed by atoms with Crippen LogP contribution in [0.5, 0.6) is 0 Å². The van der Waals surface area contributed by atoms with E-state index in [1.165, 1.54) is 29.5 Å². The van der Waals surface area contributed by atoms with Crippen molar-refractivity contribution in [1.82, 2.24) is 10.0 Å². The average Bonchev–Trinajstić information content (AvgIpc) is 3.15. The number of thiophene rings is 1. The lowest BCUT2D eigenvalue weighted by molar-refractivity contribution is -0.162. The van der Waals surface area contributed by atoms with Crippen molar-refractivity contribution in [2.75, 3.05) is 6.54 Å². The van der Waals surface area contributed by atoms with Crippen LogP contribution in [0, 0.1) is 0 Å². The van der Waals surface area contributed by atoms with Gasteiger partial charge in [0, 0.05) is 17.9 Å². The van der Waals surface area contributed by atoms with Crippen LogP contribution < -0.4 is 0 Å². The van der Waals surface area contributed by atoms with Gasteiger partial charge in [-0.25, -0.2) is 5.01 Å². The zero-order valence-corrected chi connectivity index (χ0v) is 16.3. The Hall–Kier alpha value is -2.22. The fourth-order valence-corrected chi connectivity index (χ4v) is 3.84. The fraction of sp³-hybridized carbons (Fsp3) is 0.222. The number of nitrogens with zero attached hydrogens (tertiary/aromatic N) is 2. The molecule has 2 heterocycles. The number of hydrogen-bond donors (Lipinski definition) is 0. The number of hydrogen-bond acceptors (Lipinski definition) is 5. The molecule has 3 rings (SSSR count). The minimum absolute atomic E-state index is 0.0474. The first-order valence-corrected chi connectivity index (χ1v) is 9.71. The molecule has 0 bridgehead atoms. The van der Waals surface area contributed by atoms with Gasteiger partial charge < -0.3 is 0 Å². The number of amides is 3. The van der Waals surface area contributed by atoms with Crippen LogP contribution >= 0.6 is 34.5 Å². The molecule has 140 valence electrons. The maximum absolute atomic E-state index is 13.1. The maximum Gasteiger partial charge on any atom is 0.274 e. The molecule has 1 fully saturated rings. The Morgan fingerprint density at radius 2 is 1.81 bits per heavy atom. The first-order chi connectivity index (χ1) is 12.9. The molecule has 0 saturated carbocycles. The molecule has 1 aromatic heterocycles. The van der Waals surface area contributed by atoms with Crippen LogP contribution in [0.2, 0.25) is 10.0 Å². The molecule has 1 saturated heterocycles. The number of halogens is 2. The number of imide groups is 1. The van der Waals surface area contributed by atoms with Gasteiger partial charge in [0.15, 0.2) is 5.78 Å². The topological polar surface area (TPSA) is 74.8 Å². The standard InChI is InChI=1S/C18H14Cl2N2O4S/c19-11-6-7-12(13(20)9-11)18(26)21(10-14(23)15-3-2-8-27-15)22-16(24)4-1-5-17(22)25/h2-3,6-9H,1,4-5,10H2. The number of hydrazine groups is 1. The summed E-state index contributed by atoms with van der Waals surface area (Å²) in [4.78, 5) is 50.7. The van der Waals surface area contributed by atoms with E-state index in [4.69, 9.17) is 23.2 Å². The number of ketones is 1. The second-order valence-corrected chi connectivity index (χ2v) is 7.63. The van der Waals surface area contributed by atoms with E-state index in [2.05, 4.69) is 0 Å². The lowest BCUT2D eigenvalue weighted by Crippen LogP contribution is -2.56. The number of piperidine rings is 1. The van der Waals surface area contributed by atoms with E-state index >= 15 is 0 Å². The van der Waals surface area contributed by atoms with E-state index in [9.17, 15) is 19.2 Å². The second kappa shape index (κ2) is 8.21. The normalized spacial score (nSPS) is 14.4. The highest BCUT2D eigenvalue weighted by Gasteiger charge is 2.36. The Balaban J connectivity index is 1.98. The Labute approximate surface area is 169 Å². The first-order valence-electron chi connectivity index (χ1n) is 8.08. The molecular weight excluding hydrogens is 411 g/mol. The van der Waals surface area contributed by atoms with Crippen molar-refractivity contribution in [3.8, 4) is 0 Å². The number of carbonyl (C=O) groups excluding carboxylic acids is 4. The first kappa shape index (κ1) is 19.5. The summed E-state index contributed by atoms with van der Waals surface area (Å²) in [5.74, 6) is -2.15. The highest BCUT2D eigenvalue weighted by molar-refractivity contribution is 7.12. The van der Waals surface area contributed by atoms with Crippen molar-refractivity contribution in [1.29, 1.82) is 0 Å². The smallest absolute Gasteiger partial charge is 0.274 e. The third kappa shape index (κ3) is 4.21.